The molecule has 20 heavy (non-hydrogen) atoms. The van der Waals surface area contributed by atoms with Gasteiger partial charge in [-0.1, -0.05) is 11.3 Å². The highest BCUT2D eigenvalue weighted by Gasteiger charge is 2.31. The van der Waals surface area contributed by atoms with Crippen molar-refractivity contribution < 1.29 is 23.1 Å². The summed E-state index contributed by atoms with van der Waals surface area (Å²) in [6, 6.07) is 3.26. The van der Waals surface area contributed by atoms with Gasteiger partial charge in [0.1, 0.15) is 0 Å². The minimum absolute atomic E-state index is 0.175. The molecule has 106 valence electrons. The Morgan fingerprint density at radius 2 is 2.10 bits per heavy atom. The highest BCUT2D eigenvalue weighted by Crippen LogP contribution is 2.31. The largest absolute Gasteiger partial charge is 0.481 e. The number of nitrogens with zero attached hydrogens (tertiary/aromatic N) is 3. The molecule has 5 nitrogen and oxygen atoms in total. The number of carboxylic acid groups (broad SMARTS) is 1. The van der Waals surface area contributed by atoms with E-state index < -0.39 is 17.7 Å². The van der Waals surface area contributed by atoms with Gasteiger partial charge in [0.25, 0.3) is 0 Å². The predicted molar refractivity (Wildman–Crippen MR) is 62.4 cm³/mol. The quantitative estimate of drug-likeness (QED) is 0.939. The molecular formula is C12H10F3N3O2. The van der Waals surface area contributed by atoms with E-state index in [1.165, 1.54) is 12.3 Å². The SMILES string of the molecule is Cc1ccc(C(F)(F)F)cc1-n1cc(CC(=O)O)nn1. The average Bonchev–Trinajstić information content (AvgIpc) is 2.75. The molecule has 1 N–H and O–H groups in total. The van der Waals surface area contributed by atoms with Gasteiger partial charge in [-0.3, -0.25) is 4.79 Å². The second-order valence-corrected chi connectivity index (χ2v) is 4.22. The topological polar surface area (TPSA) is 68.0 Å². The molecule has 0 unspecified atom stereocenters. The van der Waals surface area contributed by atoms with Gasteiger partial charge in [0, 0.05) is 0 Å². The number of alkyl halides is 3. The van der Waals surface area contributed by atoms with Crippen LogP contribution < -0.4 is 0 Å². The predicted octanol–water partition coefficient (Wildman–Crippen LogP) is 2.22. The summed E-state index contributed by atoms with van der Waals surface area (Å²) in [5.74, 6) is -1.09. The molecule has 0 aliphatic carbocycles. The van der Waals surface area contributed by atoms with Crippen LogP contribution in [0.3, 0.4) is 0 Å². The lowest BCUT2D eigenvalue weighted by molar-refractivity contribution is -0.138. The van der Waals surface area contributed by atoms with Crippen molar-refractivity contribution in [2.24, 2.45) is 0 Å². The van der Waals surface area contributed by atoms with Crippen molar-refractivity contribution in [2.75, 3.05) is 0 Å². The van der Waals surface area contributed by atoms with Crippen molar-refractivity contribution >= 4 is 5.97 Å². The maximum Gasteiger partial charge on any atom is 0.416 e. The zero-order valence-electron chi connectivity index (χ0n) is 10.3. The van der Waals surface area contributed by atoms with Gasteiger partial charge in [-0.2, -0.15) is 13.2 Å². The van der Waals surface area contributed by atoms with E-state index in [-0.39, 0.29) is 17.8 Å². The second-order valence-electron chi connectivity index (χ2n) is 4.22. The van der Waals surface area contributed by atoms with E-state index in [9.17, 15) is 18.0 Å². The van der Waals surface area contributed by atoms with Crippen LogP contribution in [0.2, 0.25) is 0 Å². The average molecular weight is 285 g/mol. The molecule has 0 spiro atoms. The highest BCUT2D eigenvalue weighted by atomic mass is 19.4. The number of aryl methyl sites for hydroxylation is 1. The minimum atomic E-state index is -4.45. The van der Waals surface area contributed by atoms with Crippen molar-refractivity contribution in [1.29, 1.82) is 0 Å². The van der Waals surface area contributed by atoms with E-state index in [1.54, 1.807) is 6.92 Å². The lowest BCUT2D eigenvalue weighted by Gasteiger charge is -2.10. The van der Waals surface area contributed by atoms with E-state index in [0.717, 1.165) is 16.8 Å². The van der Waals surface area contributed by atoms with Crippen LogP contribution in [0, 0.1) is 6.92 Å². The number of carboxylic acids is 1. The Balaban J connectivity index is 2.41. The number of hydrogen-bond donors (Lipinski definition) is 1. The number of hydrogen-bond acceptors (Lipinski definition) is 3. The van der Waals surface area contributed by atoms with Crippen molar-refractivity contribution in [2.45, 2.75) is 19.5 Å². The number of benzene rings is 1. The van der Waals surface area contributed by atoms with Crippen LogP contribution in [0.4, 0.5) is 13.2 Å². The van der Waals surface area contributed by atoms with Crippen LogP contribution in [-0.4, -0.2) is 26.1 Å². The summed E-state index contributed by atoms with van der Waals surface area (Å²) >= 11 is 0. The molecule has 0 aliphatic rings. The number of aliphatic carboxylic acids is 1. The van der Waals surface area contributed by atoms with Gasteiger partial charge in [-0.15, -0.1) is 5.10 Å². The van der Waals surface area contributed by atoms with Crippen molar-refractivity contribution in [1.82, 2.24) is 15.0 Å². The molecule has 0 amide bonds. The van der Waals surface area contributed by atoms with E-state index >= 15 is 0 Å². The fourth-order valence-corrected chi connectivity index (χ4v) is 1.68. The fourth-order valence-electron chi connectivity index (χ4n) is 1.68. The number of halogens is 3. The molecule has 0 atom stereocenters. The molecule has 1 heterocycles. The van der Waals surface area contributed by atoms with E-state index in [4.69, 9.17) is 5.11 Å². The van der Waals surface area contributed by atoms with Gasteiger partial charge in [0.15, 0.2) is 0 Å². The molecular weight excluding hydrogens is 275 g/mol. The van der Waals surface area contributed by atoms with Crippen LogP contribution in [0.5, 0.6) is 0 Å². The first-order valence-electron chi connectivity index (χ1n) is 5.58. The number of carbonyl (C=O) groups is 1. The molecule has 0 aliphatic heterocycles. The van der Waals surface area contributed by atoms with Crippen LogP contribution in [0.25, 0.3) is 5.69 Å². The summed E-state index contributed by atoms with van der Waals surface area (Å²) in [6.45, 7) is 1.63. The fraction of sp³-hybridized carbons (Fsp3) is 0.250. The number of rotatable bonds is 3. The molecule has 0 saturated heterocycles. The summed E-state index contributed by atoms with van der Waals surface area (Å²) in [6.07, 6.45) is -3.48. The van der Waals surface area contributed by atoms with Crippen molar-refractivity contribution in [3.63, 3.8) is 0 Å². The zero-order valence-corrected chi connectivity index (χ0v) is 10.3. The van der Waals surface area contributed by atoms with E-state index in [1.807, 2.05) is 0 Å². The molecule has 2 aromatic rings. The summed E-state index contributed by atoms with van der Waals surface area (Å²) in [5.41, 5.74) is 0.163. The molecule has 0 fully saturated rings. The molecule has 0 bridgehead atoms. The first-order chi connectivity index (χ1) is 9.27. The Bertz CT molecular complexity index is 650. The molecule has 2 rings (SSSR count). The van der Waals surface area contributed by atoms with E-state index in [2.05, 4.69) is 10.3 Å². The Morgan fingerprint density at radius 1 is 1.40 bits per heavy atom. The third kappa shape index (κ3) is 2.95. The van der Waals surface area contributed by atoms with Crippen molar-refractivity contribution in [3.05, 3.63) is 41.2 Å². The Labute approximate surface area is 111 Å². The first-order valence-corrected chi connectivity index (χ1v) is 5.58. The van der Waals surface area contributed by atoms with Gasteiger partial charge < -0.3 is 5.11 Å². The zero-order chi connectivity index (χ0) is 14.9. The summed E-state index contributed by atoms with van der Waals surface area (Å²) < 4.78 is 39.2. The lowest BCUT2D eigenvalue weighted by atomic mass is 10.1. The van der Waals surface area contributed by atoms with Gasteiger partial charge in [0.05, 0.1) is 29.6 Å². The normalized spacial score (nSPS) is 11.6. The van der Waals surface area contributed by atoms with E-state index in [0.29, 0.717) is 5.56 Å². The standard InChI is InChI=1S/C12H10F3N3O2/c1-7-2-3-8(12(13,14)15)4-10(7)18-6-9(16-17-18)5-11(19)20/h2-4,6H,5H2,1H3,(H,19,20). The summed E-state index contributed by atoms with van der Waals surface area (Å²) in [4.78, 5) is 10.5. The second kappa shape index (κ2) is 4.95. The maximum absolute atomic E-state index is 12.7. The third-order valence-corrected chi connectivity index (χ3v) is 2.66. The third-order valence-electron chi connectivity index (χ3n) is 2.66. The number of aromatic nitrogens is 3. The summed E-state index contributed by atoms with van der Waals surface area (Å²) in [5, 5.41) is 15.9. The molecule has 1 aromatic carbocycles. The lowest BCUT2D eigenvalue weighted by Crippen LogP contribution is -2.07. The van der Waals surface area contributed by atoms with Crippen molar-refractivity contribution in [3.8, 4) is 5.69 Å². The Morgan fingerprint density at radius 3 is 2.70 bits per heavy atom. The Hall–Kier alpha value is -2.38. The maximum atomic E-state index is 12.7. The van der Waals surface area contributed by atoms with Crippen LogP contribution in [0.15, 0.2) is 24.4 Å². The van der Waals surface area contributed by atoms with Gasteiger partial charge in [0.2, 0.25) is 0 Å². The van der Waals surface area contributed by atoms with Gasteiger partial charge >= 0.3 is 12.1 Å². The van der Waals surface area contributed by atoms with Crippen LogP contribution >= 0.6 is 0 Å². The first kappa shape index (κ1) is 14.0. The molecule has 1 aromatic heterocycles. The smallest absolute Gasteiger partial charge is 0.416 e. The summed E-state index contributed by atoms with van der Waals surface area (Å²) in [7, 11) is 0. The molecule has 0 radical (unpaired) electrons. The van der Waals surface area contributed by atoms with Crippen LogP contribution in [0.1, 0.15) is 16.8 Å². The highest BCUT2D eigenvalue weighted by molar-refractivity contribution is 5.69. The minimum Gasteiger partial charge on any atom is -0.481 e. The van der Waals surface area contributed by atoms with Gasteiger partial charge in [-0.05, 0) is 24.6 Å². The van der Waals surface area contributed by atoms with Gasteiger partial charge in [-0.25, -0.2) is 4.68 Å². The van der Waals surface area contributed by atoms with Crippen LogP contribution in [-0.2, 0) is 17.4 Å². The molecule has 8 heteroatoms. The Kier molecular flexibility index (Phi) is 3.47. The molecule has 0 saturated carbocycles. The monoisotopic (exact) mass is 285 g/mol.